The van der Waals surface area contributed by atoms with E-state index in [2.05, 4.69) is 0 Å². The van der Waals surface area contributed by atoms with Crippen LogP contribution in [-0.2, 0) is 4.79 Å². The van der Waals surface area contributed by atoms with E-state index in [0.29, 0.717) is 12.3 Å². The largest absolute Gasteiger partial charge is 0.481 e. The van der Waals surface area contributed by atoms with Crippen molar-refractivity contribution >= 4 is 5.97 Å². The van der Waals surface area contributed by atoms with Crippen LogP contribution < -0.4 is 0 Å². The lowest BCUT2D eigenvalue weighted by atomic mass is 10.0. The molecule has 0 heterocycles. The highest BCUT2D eigenvalue weighted by Gasteiger charge is 2.45. The topological polar surface area (TPSA) is 37.3 Å². The molecule has 10 heavy (non-hydrogen) atoms. The molecule has 2 saturated carbocycles. The lowest BCUT2D eigenvalue weighted by Gasteiger charge is -2.06. The Labute approximate surface area is 60.2 Å². The number of fused-ring (bicyclic) bond motifs is 1. The molecule has 56 valence electrons. The van der Waals surface area contributed by atoms with Crippen LogP contribution in [0.4, 0.5) is 0 Å². The van der Waals surface area contributed by atoms with E-state index in [-0.39, 0.29) is 0 Å². The minimum absolute atomic E-state index is 0.410. The minimum atomic E-state index is -0.619. The third kappa shape index (κ3) is 1.02. The van der Waals surface area contributed by atoms with E-state index in [0.717, 1.165) is 11.8 Å². The molecule has 0 spiro atoms. The van der Waals surface area contributed by atoms with Crippen LogP contribution in [0.5, 0.6) is 0 Å². The molecule has 0 aromatic rings. The Bertz CT molecular complexity index is 155. The van der Waals surface area contributed by atoms with Gasteiger partial charge in [0.25, 0.3) is 0 Å². The molecule has 2 heteroatoms. The number of carboxylic acid groups (broad SMARTS) is 1. The molecule has 2 aliphatic carbocycles. The maximum absolute atomic E-state index is 10.3. The Morgan fingerprint density at radius 3 is 2.40 bits per heavy atom. The molecule has 0 saturated heterocycles. The third-order valence-corrected chi connectivity index (χ3v) is 2.80. The van der Waals surface area contributed by atoms with Gasteiger partial charge in [-0.3, -0.25) is 4.79 Å². The highest BCUT2D eigenvalue weighted by Crippen LogP contribution is 2.55. The van der Waals surface area contributed by atoms with Crippen molar-refractivity contribution in [3.05, 3.63) is 0 Å². The molecule has 2 nitrogen and oxygen atoms in total. The first kappa shape index (κ1) is 6.20. The van der Waals surface area contributed by atoms with E-state index < -0.39 is 5.97 Å². The molecule has 0 aliphatic heterocycles. The predicted molar refractivity (Wildman–Crippen MR) is 36.6 cm³/mol. The van der Waals surface area contributed by atoms with Crippen LogP contribution in [0, 0.1) is 17.8 Å². The van der Waals surface area contributed by atoms with E-state index in [1.54, 1.807) is 0 Å². The first-order valence-electron chi connectivity index (χ1n) is 3.97. The lowest BCUT2D eigenvalue weighted by Crippen LogP contribution is -2.05. The van der Waals surface area contributed by atoms with Crippen molar-refractivity contribution in [1.29, 1.82) is 0 Å². The van der Waals surface area contributed by atoms with Gasteiger partial charge in [0.05, 0.1) is 0 Å². The van der Waals surface area contributed by atoms with Crippen molar-refractivity contribution < 1.29 is 9.90 Å². The fourth-order valence-corrected chi connectivity index (χ4v) is 2.25. The Morgan fingerprint density at radius 2 is 1.90 bits per heavy atom. The van der Waals surface area contributed by atoms with Gasteiger partial charge in [-0.15, -0.1) is 0 Å². The van der Waals surface area contributed by atoms with Crippen LogP contribution in [0.2, 0.25) is 0 Å². The average molecular weight is 140 g/mol. The molecule has 1 N–H and O–H groups in total. The number of hydrogen-bond acceptors (Lipinski definition) is 1. The SMILES string of the molecule is O=C(O)CC1CC2CC2C1. The van der Waals surface area contributed by atoms with E-state index in [9.17, 15) is 4.79 Å². The van der Waals surface area contributed by atoms with Gasteiger partial charge in [-0.2, -0.15) is 0 Å². The summed E-state index contributed by atoms with van der Waals surface area (Å²) in [6.45, 7) is 0. The normalized spacial score (nSPS) is 43.0. The second kappa shape index (κ2) is 1.97. The zero-order valence-corrected chi connectivity index (χ0v) is 5.92. The molecule has 0 radical (unpaired) electrons. The lowest BCUT2D eigenvalue weighted by molar-refractivity contribution is -0.138. The highest BCUT2D eigenvalue weighted by atomic mass is 16.4. The summed E-state index contributed by atoms with van der Waals surface area (Å²) in [6, 6.07) is 0. The predicted octanol–water partition coefficient (Wildman–Crippen LogP) is 1.51. The van der Waals surface area contributed by atoms with Gasteiger partial charge in [0.15, 0.2) is 0 Å². The zero-order chi connectivity index (χ0) is 7.14. The summed E-state index contributed by atoms with van der Waals surface area (Å²) in [5.74, 6) is 1.74. The van der Waals surface area contributed by atoms with Gasteiger partial charge in [0.1, 0.15) is 0 Å². The number of carbonyl (C=O) groups is 1. The zero-order valence-electron chi connectivity index (χ0n) is 5.92. The molecule has 2 rings (SSSR count). The second-order valence-electron chi connectivity index (χ2n) is 3.69. The summed E-state index contributed by atoms with van der Waals surface area (Å²) in [5, 5.41) is 8.47. The first-order valence-corrected chi connectivity index (χ1v) is 3.97. The van der Waals surface area contributed by atoms with Crippen molar-refractivity contribution in [3.63, 3.8) is 0 Å². The van der Waals surface area contributed by atoms with Gasteiger partial charge in [0, 0.05) is 6.42 Å². The van der Waals surface area contributed by atoms with Crippen molar-refractivity contribution in [2.24, 2.45) is 17.8 Å². The van der Waals surface area contributed by atoms with Crippen LogP contribution in [0.25, 0.3) is 0 Å². The fraction of sp³-hybridized carbons (Fsp3) is 0.875. The fourth-order valence-electron chi connectivity index (χ4n) is 2.25. The van der Waals surface area contributed by atoms with Crippen LogP contribution in [0.1, 0.15) is 25.7 Å². The summed E-state index contributed by atoms with van der Waals surface area (Å²) < 4.78 is 0. The van der Waals surface area contributed by atoms with Gasteiger partial charge in [-0.25, -0.2) is 0 Å². The Hall–Kier alpha value is -0.530. The van der Waals surface area contributed by atoms with Crippen LogP contribution >= 0.6 is 0 Å². The van der Waals surface area contributed by atoms with E-state index in [1.807, 2.05) is 0 Å². The maximum Gasteiger partial charge on any atom is 0.303 e. The van der Waals surface area contributed by atoms with E-state index in [1.165, 1.54) is 19.3 Å². The molecule has 0 aromatic heterocycles. The molecular formula is C8H12O2. The third-order valence-electron chi connectivity index (χ3n) is 2.80. The van der Waals surface area contributed by atoms with Crippen LogP contribution in [-0.4, -0.2) is 11.1 Å². The number of aliphatic carboxylic acids is 1. The summed E-state index contributed by atoms with van der Waals surface area (Å²) in [6.07, 6.45) is 4.18. The smallest absolute Gasteiger partial charge is 0.303 e. The summed E-state index contributed by atoms with van der Waals surface area (Å²) >= 11 is 0. The summed E-state index contributed by atoms with van der Waals surface area (Å²) in [7, 11) is 0. The van der Waals surface area contributed by atoms with Crippen molar-refractivity contribution in [2.45, 2.75) is 25.7 Å². The monoisotopic (exact) mass is 140 g/mol. The number of rotatable bonds is 2. The van der Waals surface area contributed by atoms with Gasteiger partial charge >= 0.3 is 5.97 Å². The summed E-state index contributed by atoms with van der Waals surface area (Å²) in [5.41, 5.74) is 0. The van der Waals surface area contributed by atoms with Crippen molar-refractivity contribution in [2.75, 3.05) is 0 Å². The molecule has 0 bridgehead atoms. The molecule has 2 unspecified atom stereocenters. The molecular weight excluding hydrogens is 128 g/mol. The maximum atomic E-state index is 10.3. The van der Waals surface area contributed by atoms with E-state index in [4.69, 9.17) is 5.11 Å². The quantitative estimate of drug-likeness (QED) is 0.631. The van der Waals surface area contributed by atoms with Crippen molar-refractivity contribution in [1.82, 2.24) is 0 Å². The Morgan fingerprint density at radius 1 is 1.30 bits per heavy atom. The number of carboxylic acids is 1. The van der Waals surface area contributed by atoms with Crippen LogP contribution in [0.15, 0.2) is 0 Å². The Balaban J connectivity index is 1.80. The first-order chi connectivity index (χ1) is 4.75. The van der Waals surface area contributed by atoms with Gasteiger partial charge in [0.2, 0.25) is 0 Å². The molecule has 0 amide bonds. The van der Waals surface area contributed by atoms with E-state index >= 15 is 0 Å². The Kier molecular flexibility index (Phi) is 1.22. The minimum Gasteiger partial charge on any atom is -0.481 e. The summed E-state index contributed by atoms with van der Waals surface area (Å²) in [4.78, 5) is 10.3. The molecule has 0 aromatic carbocycles. The van der Waals surface area contributed by atoms with Gasteiger partial charge < -0.3 is 5.11 Å². The standard InChI is InChI=1S/C8H12O2/c9-8(10)3-5-1-6-4-7(6)2-5/h5-7H,1-4H2,(H,9,10). The number of hydrogen-bond donors (Lipinski definition) is 1. The van der Waals surface area contributed by atoms with Crippen molar-refractivity contribution in [3.8, 4) is 0 Å². The van der Waals surface area contributed by atoms with Gasteiger partial charge in [-0.1, -0.05) is 0 Å². The molecule has 2 atom stereocenters. The van der Waals surface area contributed by atoms with Crippen LogP contribution in [0.3, 0.4) is 0 Å². The highest BCUT2D eigenvalue weighted by molar-refractivity contribution is 5.67. The van der Waals surface area contributed by atoms with Gasteiger partial charge in [-0.05, 0) is 37.0 Å². The molecule has 2 aliphatic rings. The molecule has 2 fully saturated rings. The average Bonchev–Trinajstić information content (AvgIpc) is 2.39. The second-order valence-corrected chi connectivity index (χ2v) is 3.69.